The molecule has 0 N–H and O–H groups in total. The van der Waals surface area contributed by atoms with Crippen LogP contribution in [-0.4, -0.2) is 67.7 Å². The molecular weight excluding hydrogens is 434 g/mol. The first-order valence-corrected chi connectivity index (χ1v) is 12.6. The van der Waals surface area contributed by atoms with E-state index in [4.69, 9.17) is 11.6 Å². The number of hydrogen-bond donors (Lipinski definition) is 0. The van der Waals surface area contributed by atoms with Crippen molar-refractivity contribution in [2.45, 2.75) is 30.7 Å². The fraction of sp³-hybridized carbons (Fsp3) is 0.435. The van der Waals surface area contributed by atoms with Gasteiger partial charge in [-0.05, 0) is 42.7 Å². The molecule has 31 heavy (non-hydrogen) atoms. The summed E-state index contributed by atoms with van der Waals surface area (Å²) in [6.07, 6.45) is 2.78. The van der Waals surface area contributed by atoms with E-state index >= 15 is 0 Å². The van der Waals surface area contributed by atoms with E-state index in [-0.39, 0.29) is 16.4 Å². The summed E-state index contributed by atoms with van der Waals surface area (Å²) in [5.74, 6) is -0.206. The molecule has 2 saturated heterocycles. The van der Waals surface area contributed by atoms with Crippen LogP contribution in [0, 0.1) is 0 Å². The molecule has 4 rings (SSSR count). The highest BCUT2D eigenvalue weighted by Gasteiger charge is 2.32. The van der Waals surface area contributed by atoms with E-state index in [0.29, 0.717) is 26.2 Å². The molecule has 0 aromatic heterocycles. The van der Waals surface area contributed by atoms with Gasteiger partial charge < -0.3 is 4.90 Å². The lowest BCUT2D eigenvalue weighted by Crippen LogP contribution is -2.48. The molecule has 0 spiro atoms. The predicted octanol–water partition coefficient (Wildman–Crippen LogP) is 3.47. The maximum Gasteiger partial charge on any atom is 0.255 e. The Kier molecular flexibility index (Phi) is 6.96. The molecule has 166 valence electrons. The van der Waals surface area contributed by atoms with Crippen molar-refractivity contribution in [2.75, 3.05) is 39.3 Å². The monoisotopic (exact) mass is 461 g/mol. The van der Waals surface area contributed by atoms with Crippen molar-refractivity contribution >= 4 is 27.5 Å². The Bertz CT molecular complexity index is 1010. The summed E-state index contributed by atoms with van der Waals surface area (Å²) >= 11 is 5.96. The third-order valence-electron chi connectivity index (χ3n) is 6.03. The van der Waals surface area contributed by atoms with Crippen LogP contribution in [0.3, 0.4) is 0 Å². The topological polar surface area (TPSA) is 60.9 Å². The van der Waals surface area contributed by atoms with Crippen molar-refractivity contribution in [1.29, 1.82) is 0 Å². The molecule has 0 radical (unpaired) electrons. The molecule has 8 heteroatoms. The summed E-state index contributed by atoms with van der Waals surface area (Å²) in [7, 11) is -3.67. The predicted molar refractivity (Wildman–Crippen MR) is 122 cm³/mol. The van der Waals surface area contributed by atoms with Gasteiger partial charge in [0.15, 0.2) is 0 Å². The van der Waals surface area contributed by atoms with Gasteiger partial charge in [-0.1, -0.05) is 42.3 Å². The van der Waals surface area contributed by atoms with Gasteiger partial charge in [-0.3, -0.25) is 9.69 Å². The smallest absolute Gasteiger partial charge is 0.255 e. The number of amides is 1. The number of piperidine rings is 1. The van der Waals surface area contributed by atoms with E-state index in [2.05, 4.69) is 4.90 Å². The fourth-order valence-corrected chi connectivity index (χ4v) is 6.07. The second-order valence-corrected chi connectivity index (χ2v) is 10.5. The number of halogens is 1. The van der Waals surface area contributed by atoms with E-state index in [1.807, 2.05) is 24.3 Å². The van der Waals surface area contributed by atoms with Crippen LogP contribution in [0.2, 0.25) is 5.02 Å². The van der Waals surface area contributed by atoms with Gasteiger partial charge in [0.2, 0.25) is 10.0 Å². The highest BCUT2D eigenvalue weighted by atomic mass is 35.5. The average Bonchev–Trinajstić information content (AvgIpc) is 2.81. The Balaban J connectivity index is 1.44. The number of hydrogen-bond acceptors (Lipinski definition) is 4. The lowest BCUT2D eigenvalue weighted by Gasteiger charge is -2.35. The standard InChI is InChI=1S/C23H28ClN3O3S/c24-20-10-8-19(9-11-20)18-25-14-16-26(17-15-25)23(28)21-6-2-3-7-22(21)31(29,30)27-12-4-1-5-13-27/h2-3,6-11H,1,4-5,12-18H2. The number of piperazine rings is 1. The zero-order valence-corrected chi connectivity index (χ0v) is 19.1. The van der Waals surface area contributed by atoms with Crippen LogP contribution in [0.25, 0.3) is 0 Å². The molecule has 6 nitrogen and oxygen atoms in total. The number of carbonyl (C=O) groups excluding carboxylic acids is 1. The zero-order chi connectivity index (χ0) is 21.8. The molecule has 2 fully saturated rings. The maximum absolute atomic E-state index is 13.3. The first-order chi connectivity index (χ1) is 14.9. The van der Waals surface area contributed by atoms with Gasteiger partial charge in [0.05, 0.1) is 10.5 Å². The number of rotatable bonds is 5. The van der Waals surface area contributed by atoms with E-state index < -0.39 is 10.0 Å². The van der Waals surface area contributed by atoms with Crippen LogP contribution in [0.1, 0.15) is 35.2 Å². The second kappa shape index (κ2) is 9.69. The first-order valence-electron chi connectivity index (χ1n) is 10.8. The van der Waals surface area contributed by atoms with Gasteiger partial charge in [0.1, 0.15) is 0 Å². The molecule has 0 atom stereocenters. The van der Waals surface area contributed by atoms with Crippen LogP contribution < -0.4 is 0 Å². The zero-order valence-electron chi connectivity index (χ0n) is 17.5. The lowest BCUT2D eigenvalue weighted by atomic mass is 10.1. The largest absolute Gasteiger partial charge is 0.336 e. The van der Waals surface area contributed by atoms with Gasteiger partial charge >= 0.3 is 0 Å². The van der Waals surface area contributed by atoms with Crippen LogP contribution in [0.4, 0.5) is 0 Å². The first kappa shape index (κ1) is 22.3. The van der Waals surface area contributed by atoms with Gasteiger partial charge in [-0.2, -0.15) is 4.31 Å². The molecule has 2 aromatic rings. The highest BCUT2D eigenvalue weighted by molar-refractivity contribution is 7.89. The Labute approximate surface area is 189 Å². The number of sulfonamides is 1. The summed E-state index contributed by atoms with van der Waals surface area (Å²) in [6, 6.07) is 14.4. The molecule has 2 aliphatic rings. The third-order valence-corrected chi connectivity index (χ3v) is 8.24. The van der Waals surface area contributed by atoms with Crippen LogP contribution in [-0.2, 0) is 16.6 Å². The van der Waals surface area contributed by atoms with Gasteiger partial charge in [-0.15, -0.1) is 0 Å². The highest BCUT2D eigenvalue weighted by Crippen LogP contribution is 2.25. The molecule has 1 amide bonds. The van der Waals surface area contributed by atoms with Crippen molar-refractivity contribution in [3.8, 4) is 0 Å². The second-order valence-electron chi connectivity index (χ2n) is 8.16. The van der Waals surface area contributed by atoms with Crippen molar-refractivity contribution in [3.05, 3.63) is 64.7 Å². The molecule has 0 unspecified atom stereocenters. The third kappa shape index (κ3) is 5.12. The van der Waals surface area contributed by atoms with E-state index in [9.17, 15) is 13.2 Å². The minimum Gasteiger partial charge on any atom is -0.336 e. The van der Waals surface area contributed by atoms with E-state index in [1.165, 1.54) is 9.87 Å². The minimum absolute atomic E-state index is 0.130. The number of benzene rings is 2. The molecule has 0 bridgehead atoms. The summed E-state index contributed by atoms with van der Waals surface area (Å²) in [5, 5.41) is 0.720. The van der Waals surface area contributed by atoms with Crippen LogP contribution >= 0.6 is 11.6 Å². The quantitative estimate of drug-likeness (QED) is 0.684. The Hall–Kier alpha value is -1.93. The molecule has 0 saturated carbocycles. The van der Waals surface area contributed by atoms with Crippen molar-refractivity contribution < 1.29 is 13.2 Å². The Morgan fingerprint density at radius 3 is 2.16 bits per heavy atom. The number of nitrogens with zero attached hydrogens (tertiary/aromatic N) is 3. The van der Waals surface area contributed by atoms with E-state index in [1.54, 1.807) is 29.2 Å². The van der Waals surface area contributed by atoms with E-state index in [0.717, 1.165) is 43.9 Å². The Morgan fingerprint density at radius 2 is 1.48 bits per heavy atom. The molecule has 0 aliphatic carbocycles. The summed E-state index contributed by atoms with van der Waals surface area (Å²) < 4.78 is 27.9. The summed E-state index contributed by atoms with van der Waals surface area (Å²) in [4.78, 5) is 17.5. The fourth-order valence-electron chi connectivity index (χ4n) is 4.24. The lowest BCUT2D eigenvalue weighted by molar-refractivity contribution is 0.0624. The van der Waals surface area contributed by atoms with Gasteiger partial charge in [-0.25, -0.2) is 8.42 Å². The Morgan fingerprint density at radius 1 is 0.839 bits per heavy atom. The van der Waals surface area contributed by atoms with Crippen molar-refractivity contribution in [3.63, 3.8) is 0 Å². The molecule has 2 heterocycles. The van der Waals surface area contributed by atoms with Gasteiger partial charge in [0, 0.05) is 50.8 Å². The minimum atomic E-state index is -3.67. The molecule has 2 aliphatic heterocycles. The summed E-state index contributed by atoms with van der Waals surface area (Å²) in [5.41, 5.74) is 1.46. The van der Waals surface area contributed by atoms with Crippen LogP contribution in [0.5, 0.6) is 0 Å². The van der Waals surface area contributed by atoms with Crippen molar-refractivity contribution in [2.24, 2.45) is 0 Å². The normalized spacial score (nSPS) is 18.8. The SMILES string of the molecule is O=C(c1ccccc1S(=O)(=O)N1CCCCC1)N1CCN(Cc2ccc(Cl)cc2)CC1. The maximum atomic E-state index is 13.3. The van der Waals surface area contributed by atoms with Crippen LogP contribution in [0.15, 0.2) is 53.4 Å². The molecular formula is C23H28ClN3O3S. The van der Waals surface area contributed by atoms with Crippen molar-refractivity contribution in [1.82, 2.24) is 14.1 Å². The number of carbonyl (C=O) groups is 1. The molecule has 2 aromatic carbocycles. The summed E-state index contributed by atoms with van der Waals surface area (Å²) in [6.45, 7) is 4.49. The van der Waals surface area contributed by atoms with Gasteiger partial charge in [0.25, 0.3) is 5.91 Å². The average molecular weight is 462 g/mol.